The van der Waals surface area contributed by atoms with Crippen molar-refractivity contribution in [1.82, 2.24) is 19.6 Å². The van der Waals surface area contributed by atoms with E-state index in [0.717, 1.165) is 16.8 Å². The molecule has 0 saturated heterocycles. The van der Waals surface area contributed by atoms with Gasteiger partial charge in [0.1, 0.15) is 11.7 Å². The molecule has 1 unspecified atom stereocenters. The van der Waals surface area contributed by atoms with Gasteiger partial charge in [0.05, 0.1) is 18.4 Å². The van der Waals surface area contributed by atoms with Gasteiger partial charge in [0, 0.05) is 23.9 Å². The number of anilines is 1. The van der Waals surface area contributed by atoms with Crippen LogP contribution in [0.4, 0.5) is 5.69 Å². The lowest BCUT2D eigenvalue weighted by molar-refractivity contribution is -0.119. The summed E-state index contributed by atoms with van der Waals surface area (Å²) < 4.78 is 3.56. The summed E-state index contributed by atoms with van der Waals surface area (Å²) in [4.78, 5) is 24.9. The van der Waals surface area contributed by atoms with Crippen LogP contribution in [0, 0.1) is 0 Å². The lowest BCUT2D eigenvalue weighted by atomic mass is 10.0. The molecule has 31 heavy (non-hydrogen) atoms. The Bertz CT molecular complexity index is 1240. The van der Waals surface area contributed by atoms with Crippen molar-refractivity contribution < 1.29 is 9.59 Å². The van der Waals surface area contributed by atoms with Gasteiger partial charge in [-0.3, -0.25) is 9.59 Å². The number of benzene rings is 2. The molecule has 1 aliphatic rings. The van der Waals surface area contributed by atoms with Crippen molar-refractivity contribution in [2.45, 2.75) is 25.4 Å². The summed E-state index contributed by atoms with van der Waals surface area (Å²) in [5, 5.41) is 11.5. The van der Waals surface area contributed by atoms with E-state index < -0.39 is 6.04 Å². The highest BCUT2D eigenvalue weighted by atomic mass is 16.2. The van der Waals surface area contributed by atoms with Gasteiger partial charge < -0.3 is 9.88 Å². The summed E-state index contributed by atoms with van der Waals surface area (Å²) in [6.45, 7) is 0.643. The van der Waals surface area contributed by atoms with Crippen molar-refractivity contribution in [2.24, 2.45) is 0 Å². The Morgan fingerprint density at radius 2 is 1.94 bits per heavy atom. The van der Waals surface area contributed by atoms with Crippen molar-refractivity contribution >= 4 is 17.4 Å². The van der Waals surface area contributed by atoms with Crippen LogP contribution in [0.2, 0.25) is 0 Å². The van der Waals surface area contributed by atoms with E-state index in [1.54, 1.807) is 27.6 Å². The van der Waals surface area contributed by atoms with E-state index in [1.165, 1.54) is 0 Å². The van der Waals surface area contributed by atoms with Gasteiger partial charge in [-0.25, -0.2) is 4.68 Å². The number of rotatable bonds is 5. The molecule has 1 atom stereocenters. The number of Topliss-reactive ketones (excluding diaryl/α,β-unsaturated/α-hetero) is 1. The molecule has 154 valence electrons. The van der Waals surface area contributed by atoms with E-state index in [4.69, 9.17) is 0 Å². The van der Waals surface area contributed by atoms with E-state index in [1.807, 2.05) is 60.8 Å². The first-order chi connectivity index (χ1) is 15.2. The number of ketones is 1. The van der Waals surface area contributed by atoms with Crippen molar-refractivity contribution in [3.05, 3.63) is 90.4 Å². The van der Waals surface area contributed by atoms with Crippen LogP contribution < -0.4 is 5.32 Å². The number of fused-ring (bicyclic) bond motifs is 1. The topological polar surface area (TPSA) is 81.8 Å². The molecule has 1 aliphatic heterocycles. The molecule has 3 heterocycles. The molecule has 4 aromatic rings. The van der Waals surface area contributed by atoms with Crippen molar-refractivity contribution in [3.8, 4) is 11.3 Å². The second kappa shape index (κ2) is 8.02. The molecule has 1 N–H and O–H groups in total. The standard InChI is InChI=1S/C24H21N5O2/c30-23-12-11-22(29-13-5-10-21(23)29)24(31)25-19-9-4-8-18(14-19)20-16-28(27-26-20)15-17-6-2-1-3-7-17/h1-10,13-14,16,22H,11-12,15H2,(H,25,31). The summed E-state index contributed by atoms with van der Waals surface area (Å²) in [5.74, 6) is -0.0514. The first kappa shape index (κ1) is 19.0. The summed E-state index contributed by atoms with van der Waals surface area (Å²) in [6.07, 6.45) is 4.57. The zero-order valence-electron chi connectivity index (χ0n) is 16.8. The molecular weight excluding hydrogens is 390 g/mol. The Labute approximate surface area is 179 Å². The van der Waals surface area contributed by atoms with Gasteiger partial charge >= 0.3 is 0 Å². The molecule has 2 aromatic heterocycles. The molecule has 1 amide bonds. The molecule has 5 rings (SSSR count). The van der Waals surface area contributed by atoms with Gasteiger partial charge in [-0.1, -0.05) is 47.7 Å². The fourth-order valence-corrected chi connectivity index (χ4v) is 3.95. The Kier molecular flexibility index (Phi) is 4.92. The summed E-state index contributed by atoms with van der Waals surface area (Å²) in [7, 11) is 0. The fraction of sp³-hybridized carbons (Fsp3) is 0.167. The van der Waals surface area contributed by atoms with E-state index in [-0.39, 0.29) is 11.7 Å². The minimum atomic E-state index is -0.391. The maximum absolute atomic E-state index is 12.9. The minimum absolute atomic E-state index is 0.0784. The fourth-order valence-electron chi connectivity index (χ4n) is 3.95. The van der Waals surface area contributed by atoms with Gasteiger partial charge in [-0.05, 0) is 36.2 Å². The Hall–Kier alpha value is -4.00. The Morgan fingerprint density at radius 1 is 1.06 bits per heavy atom. The normalized spacial score (nSPS) is 15.5. The molecular formula is C24H21N5O2. The van der Waals surface area contributed by atoms with E-state index in [2.05, 4.69) is 15.6 Å². The van der Waals surface area contributed by atoms with Crippen LogP contribution in [0.25, 0.3) is 11.3 Å². The van der Waals surface area contributed by atoms with Crippen LogP contribution in [0.1, 0.15) is 34.9 Å². The SMILES string of the molecule is O=C1CCC(C(=O)Nc2cccc(-c3cn(Cc4ccccc4)nn3)c2)n2cccc21. The maximum Gasteiger partial charge on any atom is 0.247 e. The lowest BCUT2D eigenvalue weighted by Crippen LogP contribution is -2.31. The van der Waals surface area contributed by atoms with Gasteiger partial charge in [-0.15, -0.1) is 5.10 Å². The van der Waals surface area contributed by atoms with Crippen LogP contribution in [-0.4, -0.2) is 31.3 Å². The number of carbonyl (C=O) groups excluding carboxylic acids is 2. The number of hydrogen-bond acceptors (Lipinski definition) is 4. The third-order valence-electron chi connectivity index (χ3n) is 5.50. The number of carbonyl (C=O) groups is 2. The molecule has 7 nitrogen and oxygen atoms in total. The molecule has 2 aromatic carbocycles. The third kappa shape index (κ3) is 3.90. The van der Waals surface area contributed by atoms with E-state index in [9.17, 15) is 9.59 Å². The van der Waals surface area contributed by atoms with Crippen LogP contribution in [0.3, 0.4) is 0 Å². The predicted octanol–water partition coefficient (Wildman–Crippen LogP) is 3.95. The summed E-state index contributed by atoms with van der Waals surface area (Å²) in [5.41, 5.74) is 4.04. The zero-order chi connectivity index (χ0) is 21.2. The molecule has 0 bridgehead atoms. The van der Waals surface area contributed by atoms with Crippen molar-refractivity contribution in [1.29, 1.82) is 0 Å². The second-order valence-corrected chi connectivity index (χ2v) is 7.64. The van der Waals surface area contributed by atoms with Gasteiger partial charge in [-0.2, -0.15) is 0 Å². The minimum Gasteiger partial charge on any atom is -0.333 e. The van der Waals surface area contributed by atoms with Crippen molar-refractivity contribution in [2.75, 3.05) is 5.32 Å². The van der Waals surface area contributed by atoms with Crippen LogP contribution >= 0.6 is 0 Å². The highest BCUT2D eigenvalue weighted by Gasteiger charge is 2.29. The average molecular weight is 411 g/mol. The molecule has 0 radical (unpaired) electrons. The average Bonchev–Trinajstić information content (AvgIpc) is 3.45. The number of aromatic nitrogens is 4. The van der Waals surface area contributed by atoms with Gasteiger partial charge in [0.25, 0.3) is 0 Å². The number of nitrogens with one attached hydrogen (secondary N) is 1. The third-order valence-corrected chi connectivity index (χ3v) is 5.50. The number of amides is 1. The van der Waals surface area contributed by atoms with Gasteiger partial charge in [0.15, 0.2) is 5.78 Å². The molecule has 0 aliphatic carbocycles. The van der Waals surface area contributed by atoms with Crippen LogP contribution in [-0.2, 0) is 11.3 Å². The van der Waals surface area contributed by atoms with E-state index >= 15 is 0 Å². The zero-order valence-corrected chi connectivity index (χ0v) is 16.8. The summed E-state index contributed by atoms with van der Waals surface area (Å²) in [6, 6.07) is 20.8. The highest BCUT2D eigenvalue weighted by molar-refractivity contribution is 6.00. The smallest absolute Gasteiger partial charge is 0.247 e. The molecule has 0 saturated carbocycles. The van der Waals surface area contributed by atoms with Crippen LogP contribution in [0.5, 0.6) is 0 Å². The lowest BCUT2D eigenvalue weighted by Gasteiger charge is -2.24. The Balaban J connectivity index is 1.32. The quantitative estimate of drug-likeness (QED) is 0.539. The van der Waals surface area contributed by atoms with Crippen LogP contribution in [0.15, 0.2) is 79.1 Å². The molecule has 0 fully saturated rings. The second-order valence-electron chi connectivity index (χ2n) is 7.64. The monoisotopic (exact) mass is 411 g/mol. The summed E-state index contributed by atoms with van der Waals surface area (Å²) >= 11 is 0. The number of nitrogens with zero attached hydrogens (tertiary/aromatic N) is 4. The largest absolute Gasteiger partial charge is 0.333 e. The molecule has 7 heteroatoms. The van der Waals surface area contributed by atoms with Crippen molar-refractivity contribution in [3.63, 3.8) is 0 Å². The first-order valence-electron chi connectivity index (χ1n) is 10.2. The van der Waals surface area contributed by atoms with E-state index in [0.29, 0.717) is 30.8 Å². The highest BCUT2D eigenvalue weighted by Crippen LogP contribution is 2.27. The Morgan fingerprint density at radius 3 is 2.81 bits per heavy atom. The molecule has 0 spiro atoms. The number of hydrogen-bond donors (Lipinski definition) is 1. The first-order valence-corrected chi connectivity index (χ1v) is 10.2. The predicted molar refractivity (Wildman–Crippen MR) is 117 cm³/mol. The maximum atomic E-state index is 12.9. The van der Waals surface area contributed by atoms with Gasteiger partial charge in [0.2, 0.25) is 5.91 Å².